The summed E-state index contributed by atoms with van der Waals surface area (Å²) in [5.41, 5.74) is 2.01. The molecule has 7 heteroatoms. The Bertz CT molecular complexity index is 1200. The summed E-state index contributed by atoms with van der Waals surface area (Å²) in [6.07, 6.45) is 4.36. The van der Waals surface area contributed by atoms with Crippen LogP contribution in [-0.2, 0) is 6.42 Å². The third-order valence-electron chi connectivity index (χ3n) is 6.96. The lowest BCUT2D eigenvalue weighted by atomic mass is 10.0. The number of aromatic nitrogens is 1. The number of amides is 2. The van der Waals surface area contributed by atoms with Gasteiger partial charge in [-0.05, 0) is 49.9 Å². The first-order valence-electron chi connectivity index (χ1n) is 13.5. The Hall–Kier alpha value is -3.87. The fourth-order valence-corrected chi connectivity index (χ4v) is 4.86. The first-order valence-corrected chi connectivity index (χ1v) is 13.5. The molecule has 0 fully saturated rings. The summed E-state index contributed by atoms with van der Waals surface area (Å²) in [6, 6.07) is 22.5. The van der Waals surface area contributed by atoms with E-state index in [-0.39, 0.29) is 24.5 Å². The minimum Gasteiger partial charge on any atom is -0.491 e. The topological polar surface area (TPSA) is 72.0 Å². The number of rotatable bonds is 5. The molecular formula is C31H37N3O4. The van der Waals surface area contributed by atoms with Crippen LogP contribution in [0.25, 0.3) is 0 Å². The van der Waals surface area contributed by atoms with Gasteiger partial charge in [-0.25, -0.2) is 4.98 Å². The summed E-state index contributed by atoms with van der Waals surface area (Å²) in [5, 5.41) is 0. The average Bonchev–Trinajstić information content (AvgIpc) is 2.96. The molecule has 1 aliphatic rings. The van der Waals surface area contributed by atoms with Crippen molar-refractivity contribution >= 4 is 11.8 Å². The Labute approximate surface area is 225 Å². The number of nitrogens with zero attached hydrogens (tertiary/aromatic N) is 3. The fraction of sp³-hybridized carbons (Fsp3) is 0.387. The normalized spacial score (nSPS) is 17.2. The first-order chi connectivity index (χ1) is 18.6. The number of benzene rings is 2. The van der Waals surface area contributed by atoms with Crippen molar-refractivity contribution in [1.82, 2.24) is 14.8 Å². The van der Waals surface area contributed by atoms with Gasteiger partial charge in [-0.1, -0.05) is 61.4 Å². The fourth-order valence-electron chi connectivity index (χ4n) is 4.86. The maximum Gasteiger partial charge on any atom is 0.272 e. The summed E-state index contributed by atoms with van der Waals surface area (Å²) < 4.78 is 11.6. The number of pyridine rings is 1. The van der Waals surface area contributed by atoms with Gasteiger partial charge in [0.1, 0.15) is 18.1 Å². The van der Waals surface area contributed by atoms with Gasteiger partial charge in [0.15, 0.2) is 0 Å². The van der Waals surface area contributed by atoms with Crippen molar-refractivity contribution in [3.63, 3.8) is 0 Å². The molecule has 1 atom stereocenters. The Morgan fingerprint density at radius 1 is 0.947 bits per heavy atom. The van der Waals surface area contributed by atoms with Gasteiger partial charge < -0.3 is 19.3 Å². The summed E-state index contributed by atoms with van der Waals surface area (Å²) >= 11 is 0. The van der Waals surface area contributed by atoms with Crippen LogP contribution in [0.2, 0.25) is 0 Å². The van der Waals surface area contributed by atoms with Gasteiger partial charge in [0.05, 0.1) is 18.7 Å². The molecule has 3 aromatic rings. The maximum atomic E-state index is 13.9. The SMILES string of the molecule is CCN1CCCCCCN(C(=O)c2cccc(OC)n2)[C@@H](Cc2ccccc2)COc2ccccc2C1=O. The van der Waals surface area contributed by atoms with Crippen LogP contribution in [0.5, 0.6) is 11.6 Å². The largest absolute Gasteiger partial charge is 0.491 e. The lowest BCUT2D eigenvalue weighted by Gasteiger charge is -2.33. The Morgan fingerprint density at radius 2 is 1.68 bits per heavy atom. The smallest absolute Gasteiger partial charge is 0.272 e. The summed E-state index contributed by atoms with van der Waals surface area (Å²) in [6.45, 7) is 4.21. The lowest BCUT2D eigenvalue weighted by Crippen LogP contribution is -2.46. The Morgan fingerprint density at radius 3 is 2.45 bits per heavy atom. The zero-order chi connectivity index (χ0) is 26.7. The molecule has 0 bridgehead atoms. The van der Waals surface area contributed by atoms with Crippen molar-refractivity contribution in [1.29, 1.82) is 0 Å². The zero-order valence-electron chi connectivity index (χ0n) is 22.3. The third kappa shape index (κ3) is 6.91. The molecule has 0 saturated carbocycles. The highest BCUT2D eigenvalue weighted by Gasteiger charge is 2.28. The maximum absolute atomic E-state index is 13.9. The number of ether oxygens (including phenoxy) is 2. The summed E-state index contributed by atoms with van der Waals surface area (Å²) in [7, 11) is 1.54. The first kappa shape index (κ1) is 27.2. The molecule has 0 spiro atoms. The molecule has 7 nitrogen and oxygen atoms in total. The molecule has 1 aliphatic heterocycles. The Kier molecular flexibility index (Phi) is 9.73. The van der Waals surface area contributed by atoms with E-state index in [2.05, 4.69) is 17.1 Å². The van der Waals surface area contributed by atoms with Crippen LogP contribution < -0.4 is 9.47 Å². The quantitative estimate of drug-likeness (QED) is 0.464. The van der Waals surface area contributed by atoms with E-state index < -0.39 is 0 Å². The number of hydrogen-bond donors (Lipinski definition) is 0. The minimum absolute atomic E-state index is 0.0201. The van der Waals surface area contributed by atoms with Crippen molar-refractivity contribution in [2.24, 2.45) is 0 Å². The number of carbonyl (C=O) groups excluding carboxylic acids is 2. The van der Waals surface area contributed by atoms with Crippen molar-refractivity contribution in [3.05, 3.63) is 89.6 Å². The molecule has 2 aromatic carbocycles. The van der Waals surface area contributed by atoms with Crippen LogP contribution >= 0.6 is 0 Å². The highest BCUT2D eigenvalue weighted by atomic mass is 16.5. The molecule has 2 heterocycles. The van der Waals surface area contributed by atoms with Crippen molar-refractivity contribution < 1.29 is 19.1 Å². The number of carbonyl (C=O) groups is 2. The summed E-state index contributed by atoms with van der Waals surface area (Å²) in [5.74, 6) is 0.773. The van der Waals surface area contributed by atoms with Crippen LogP contribution in [0.3, 0.4) is 0 Å². The standard InChI is InChI=1S/C31H37N3O4/c1-3-33-20-11-4-5-12-21-34(31(36)27-17-13-19-29(32-27)37-2)25(22-24-14-7-6-8-15-24)23-38-28-18-10-9-16-26(28)30(33)35/h6-10,13-19,25H,3-5,11-12,20-23H2,1-2H3/t25-/m0/s1. The van der Waals surface area contributed by atoms with E-state index in [0.29, 0.717) is 48.9 Å². The number of methoxy groups -OCH3 is 1. The average molecular weight is 516 g/mol. The van der Waals surface area contributed by atoms with Crippen LogP contribution in [0.4, 0.5) is 0 Å². The molecular weight excluding hydrogens is 478 g/mol. The van der Waals surface area contributed by atoms with E-state index in [9.17, 15) is 9.59 Å². The van der Waals surface area contributed by atoms with E-state index in [1.807, 2.05) is 59.2 Å². The second-order valence-corrected chi connectivity index (χ2v) is 9.51. The zero-order valence-corrected chi connectivity index (χ0v) is 22.3. The predicted molar refractivity (Wildman–Crippen MR) is 148 cm³/mol. The monoisotopic (exact) mass is 515 g/mol. The predicted octanol–water partition coefficient (Wildman–Crippen LogP) is 5.26. The van der Waals surface area contributed by atoms with Crippen molar-refractivity contribution in [2.75, 3.05) is 33.4 Å². The lowest BCUT2D eigenvalue weighted by molar-refractivity contribution is 0.0591. The Balaban J connectivity index is 1.69. The molecule has 4 rings (SSSR count). The van der Waals surface area contributed by atoms with Gasteiger partial charge in [0.25, 0.3) is 11.8 Å². The van der Waals surface area contributed by atoms with Gasteiger partial charge in [0.2, 0.25) is 5.88 Å². The van der Waals surface area contributed by atoms with Crippen molar-refractivity contribution in [2.45, 2.75) is 45.1 Å². The summed E-state index contributed by atoms with van der Waals surface area (Å²) in [4.78, 5) is 35.5. The van der Waals surface area contributed by atoms with E-state index in [1.165, 1.54) is 0 Å². The van der Waals surface area contributed by atoms with E-state index in [4.69, 9.17) is 9.47 Å². The van der Waals surface area contributed by atoms with Crippen LogP contribution in [0, 0.1) is 0 Å². The highest BCUT2D eigenvalue weighted by molar-refractivity contribution is 5.97. The molecule has 1 aromatic heterocycles. The molecule has 200 valence electrons. The van der Waals surface area contributed by atoms with Gasteiger partial charge in [0, 0.05) is 25.7 Å². The second-order valence-electron chi connectivity index (χ2n) is 9.51. The van der Waals surface area contributed by atoms with E-state index >= 15 is 0 Å². The molecule has 38 heavy (non-hydrogen) atoms. The van der Waals surface area contributed by atoms with Crippen molar-refractivity contribution in [3.8, 4) is 11.6 Å². The van der Waals surface area contributed by atoms with Gasteiger partial charge in [-0.15, -0.1) is 0 Å². The highest BCUT2D eigenvalue weighted by Crippen LogP contribution is 2.23. The molecule has 0 radical (unpaired) electrons. The molecule has 0 N–H and O–H groups in total. The number of para-hydroxylation sites is 1. The second kappa shape index (κ2) is 13.6. The third-order valence-corrected chi connectivity index (χ3v) is 6.96. The molecule has 0 aliphatic carbocycles. The van der Waals surface area contributed by atoms with Gasteiger partial charge >= 0.3 is 0 Å². The molecule has 0 unspecified atom stereocenters. The molecule has 0 saturated heterocycles. The number of hydrogen-bond acceptors (Lipinski definition) is 5. The van der Waals surface area contributed by atoms with Crippen LogP contribution in [-0.4, -0.2) is 66.0 Å². The van der Waals surface area contributed by atoms with Crippen LogP contribution in [0.1, 0.15) is 59.0 Å². The molecule has 2 amide bonds. The number of fused-ring (bicyclic) bond motifs is 1. The van der Waals surface area contributed by atoms with Gasteiger partial charge in [-0.2, -0.15) is 0 Å². The van der Waals surface area contributed by atoms with Crippen LogP contribution in [0.15, 0.2) is 72.8 Å². The minimum atomic E-state index is -0.258. The van der Waals surface area contributed by atoms with E-state index in [1.54, 1.807) is 25.3 Å². The van der Waals surface area contributed by atoms with E-state index in [0.717, 1.165) is 31.2 Å². The van der Waals surface area contributed by atoms with Gasteiger partial charge in [-0.3, -0.25) is 9.59 Å².